The molecule has 0 fully saturated rings. The molecule has 144 valence electrons. The average molecular weight is 394 g/mol. The van der Waals surface area contributed by atoms with Crippen LogP contribution in [0.25, 0.3) is 10.8 Å². The predicted molar refractivity (Wildman–Crippen MR) is 109 cm³/mol. The minimum atomic E-state index is -3.75. The number of rotatable bonds is 5. The van der Waals surface area contributed by atoms with Gasteiger partial charge in [0.1, 0.15) is 0 Å². The fraction of sp³-hybridized carbons (Fsp3) is 0.227. The van der Waals surface area contributed by atoms with Gasteiger partial charge >= 0.3 is 0 Å². The number of hydrogen-bond acceptors (Lipinski definition) is 3. The summed E-state index contributed by atoms with van der Waals surface area (Å²) < 4.78 is 26.9. The first kappa shape index (κ1) is 18.7. The molecule has 0 aliphatic heterocycles. The largest absolute Gasteiger partial charge is 0.348 e. The third kappa shape index (κ3) is 3.53. The molecule has 6 heteroatoms. The lowest BCUT2D eigenvalue weighted by atomic mass is 10.1. The molecule has 0 spiro atoms. The Morgan fingerprint density at radius 1 is 1.04 bits per heavy atom. The third-order valence-corrected chi connectivity index (χ3v) is 7.06. The number of fused-ring (bicyclic) bond motifs is 2. The number of aryl methyl sites for hydroxylation is 1. The predicted octanol–water partition coefficient (Wildman–Crippen LogP) is 3.26. The van der Waals surface area contributed by atoms with Gasteiger partial charge in [0.2, 0.25) is 15.9 Å². The second-order valence-electron chi connectivity index (χ2n) is 7.13. The van der Waals surface area contributed by atoms with E-state index in [2.05, 4.69) is 11.4 Å². The van der Waals surface area contributed by atoms with Crippen LogP contribution in [0.1, 0.15) is 23.6 Å². The van der Waals surface area contributed by atoms with Crippen LogP contribution in [0.15, 0.2) is 71.6 Å². The molecule has 1 amide bonds. The van der Waals surface area contributed by atoms with Crippen molar-refractivity contribution < 1.29 is 13.2 Å². The topological polar surface area (TPSA) is 66.5 Å². The van der Waals surface area contributed by atoms with Crippen LogP contribution >= 0.6 is 0 Å². The molecule has 0 radical (unpaired) electrons. The molecule has 0 unspecified atom stereocenters. The number of sulfonamides is 1. The van der Waals surface area contributed by atoms with E-state index < -0.39 is 10.0 Å². The Kier molecular flexibility index (Phi) is 4.91. The summed E-state index contributed by atoms with van der Waals surface area (Å²) in [6.45, 7) is -0.214. The van der Waals surface area contributed by atoms with Gasteiger partial charge in [0.25, 0.3) is 0 Å². The molecule has 5 nitrogen and oxygen atoms in total. The third-order valence-electron chi connectivity index (χ3n) is 5.26. The molecule has 0 aromatic heterocycles. The maximum atomic E-state index is 12.9. The highest BCUT2D eigenvalue weighted by Gasteiger charge is 2.27. The van der Waals surface area contributed by atoms with Crippen LogP contribution < -0.4 is 5.32 Å². The summed E-state index contributed by atoms with van der Waals surface area (Å²) in [6, 6.07) is 20.6. The van der Waals surface area contributed by atoms with Gasteiger partial charge in [0.05, 0.1) is 17.5 Å². The van der Waals surface area contributed by atoms with E-state index in [4.69, 9.17) is 0 Å². The average Bonchev–Trinajstić information content (AvgIpc) is 3.10. The van der Waals surface area contributed by atoms with E-state index in [0.29, 0.717) is 0 Å². The monoisotopic (exact) mass is 394 g/mol. The molecular weight excluding hydrogens is 372 g/mol. The van der Waals surface area contributed by atoms with Crippen LogP contribution in [0, 0.1) is 0 Å². The lowest BCUT2D eigenvalue weighted by Crippen LogP contribution is -2.39. The summed E-state index contributed by atoms with van der Waals surface area (Å²) >= 11 is 0. The van der Waals surface area contributed by atoms with E-state index in [0.717, 1.165) is 33.5 Å². The molecule has 1 atom stereocenters. The summed E-state index contributed by atoms with van der Waals surface area (Å²) in [4.78, 5) is 12.7. The van der Waals surface area contributed by atoms with E-state index in [1.807, 2.05) is 42.5 Å². The number of hydrogen-bond donors (Lipinski definition) is 1. The quantitative estimate of drug-likeness (QED) is 0.722. The van der Waals surface area contributed by atoms with Crippen LogP contribution in [0.3, 0.4) is 0 Å². The summed E-state index contributed by atoms with van der Waals surface area (Å²) in [5.41, 5.74) is 2.36. The molecule has 0 saturated heterocycles. The van der Waals surface area contributed by atoms with Gasteiger partial charge in [-0.15, -0.1) is 0 Å². The maximum absolute atomic E-state index is 12.9. The van der Waals surface area contributed by atoms with Gasteiger partial charge in [0.15, 0.2) is 0 Å². The molecular formula is C22H22N2O3S. The molecule has 0 bridgehead atoms. The molecule has 3 aromatic carbocycles. The molecule has 1 aliphatic rings. The number of nitrogens with one attached hydrogen (secondary N) is 1. The van der Waals surface area contributed by atoms with Crippen molar-refractivity contribution >= 4 is 26.7 Å². The van der Waals surface area contributed by atoms with Crippen molar-refractivity contribution in [3.05, 3.63) is 77.9 Å². The summed E-state index contributed by atoms with van der Waals surface area (Å²) in [5, 5.41) is 4.80. The van der Waals surface area contributed by atoms with Gasteiger partial charge in [-0.05, 0) is 46.9 Å². The smallest absolute Gasteiger partial charge is 0.243 e. The van der Waals surface area contributed by atoms with Gasteiger partial charge in [0, 0.05) is 7.05 Å². The van der Waals surface area contributed by atoms with Gasteiger partial charge in [-0.2, -0.15) is 4.31 Å². The molecule has 1 N–H and O–H groups in total. The van der Waals surface area contributed by atoms with E-state index in [-0.39, 0.29) is 23.4 Å². The number of nitrogens with zero attached hydrogens (tertiary/aromatic N) is 1. The normalized spacial score (nSPS) is 16.3. The first-order valence-electron chi connectivity index (χ1n) is 9.27. The Morgan fingerprint density at radius 2 is 1.75 bits per heavy atom. The fourth-order valence-electron chi connectivity index (χ4n) is 3.74. The van der Waals surface area contributed by atoms with Crippen molar-refractivity contribution in [2.45, 2.75) is 23.8 Å². The summed E-state index contributed by atoms with van der Waals surface area (Å²) in [5.74, 6) is -0.298. The van der Waals surface area contributed by atoms with Gasteiger partial charge in [-0.1, -0.05) is 54.6 Å². The Morgan fingerprint density at radius 3 is 2.57 bits per heavy atom. The lowest BCUT2D eigenvalue weighted by Gasteiger charge is -2.19. The molecule has 28 heavy (non-hydrogen) atoms. The number of carbonyl (C=O) groups is 1. The molecule has 4 rings (SSSR count). The molecule has 3 aromatic rings. The Labute approximate surface area is 165 Å². The lowest BCUT2D eigenvalue weighted by molar-refractivity contribution is -0.121. The van der Waals surface area contributed by atoms with Crippen molar-refractivity contribution in [3.63, 3.8) is 0 Å². The van der Waals surface area contributed by atoms with E-state index in [1.54, 1.807) is 18.2 Å². The Balaban J connectivity index is 1.47. The molecule has 1 aliphatic carbocycles. The maximum Gasteiger partial charge on any atom is 0.243 e. The van der Waals surface area contributed by atoms with E-state index in [1.165, 1.54) is 12.6 Å². The minimum Gasteiger partial charge on any atom is -0.348 e. The van der Waals surface area contributed by atoms with Gasteiger partial charge < -0.3 is 5.32 Å². The van der Waals surface area contributed by atoms with Gasteiger partial charge in [-0.3, -0.25) is 4.79 Å². The van der Waals surface area contributed by atoms with Crippen molar-refractivity contribution in [1.29, 1.82) is 0 Å². The zero-order valence-corrected chi connectivity index (χ0v) is 16.4. The van der Waals surface area contributed by atoms with E-state index >= 15 is 0 Å². The second kappa shape index (κ2) is 7.37. The van der Waals surface area contributed by atoms with Crippen molar-refractivity contribution in [2.75, 3.05) is 13.6 Å². The highest BCUT2D eigenvalue weighted by molar-refractivity contribution is 7.89. The molecule has 0 saturated carbocycles. The van der Waals surface area contributed by atoms with Crippen LogP contribution in [0.5, 0.6) is 0 Å². The summed E-state index contributed by atoms with van der Waals surface area (Å²) in [6.07, 6.45) is 1.76. The molecule has 0 heterocycles. The first-order valence-corrected chi connectivity index (χ1v) is 10.7. The fourth-order valence-corrected chi connectivity index (χ4v) is 4.91. The van der Waals surface area contributed by atoms with Crippen LogP contribution in [-0.4, -0.2) is 32.2 Å². The first-order chi connectivity index (χ1) is 13.4. The second-order valence-corrected chi connectivity index (χ2v) is 9.17. The number of likely N-dealkylation sites (N-methyl/N-ethyl adjacent to an activating group) is 1. The number of carbonyl (C=O) groups excluding carboxylic acids is 1. The summed E-state index contributed by atoms with van der Waals surface area (Å²) in [7, 11) is -2.31. The Hall–Kier alpha value is -2.70. The van der Waals surface area contributed by atoms with Crippen LogP contribution in [-0.2, 0) is 21.2 Å². The van der Waals surface area contributed by atoms with Crippen molar-refractivity contribution in [3.8, 4) is 0 Å². The zero-order chi connectivity index (χ0) is 19.7. The minimum absolute atomic E-state index is 0.0551. The van der Waals surface area contributed by atoms with Crippen LogP contribution in [0.4, 0.5) is 0 Å². The number of amides is 1. The highest BCUT2D eigenvalue weighted by Crippen LogP contribution is 2.30. The van der Waals surface area contributed by atoms with Crippen LogP contribution in [0.2, 0.25) is 0 Å². The standard InChI is InChI=1S/C22H22N2O3S/c1-24(15-22(25)23-21-13-11-17-7-4-5-9-20(17)21)28(26,27)19-12-10-16-6-2-3-8-18(16)14-19/h2-10,12,14,21H,11,13,15H2,1H3,(H,23,25)/t21-/m0/s1. The Bertz CT molecular complexity index is 1140. The zero-order valence-electron chi connectivity index (χ0n) is 15.6. The SMILES string of the molecule is CN(CC(=O)N[C@H]1CCc2ccccc21)S(=O)(=O)c1ccc2ccccc2c1. The van der Waals surface area contributed by atoms with Crippen molar-refractivity contribution in [1.82, 2.24) is 9.62 Å². The van der Waals surface area contributed by atoms with Gasteiger partial charge in [-0.25, -0.2) is 8.42 Å². The highest BCUT2D eigenvalue weighted by atomic mass is 32.2. The van der Waals surface area contributed by atoms with E-state index in [9.17, 15) is 13.2 Å². The number of benzene rings is 3. The van der Waals surface area contributed by atoms with Crippen molar-refractivity contribution in [2.24, 2.45) is 0 Å².